The predicted molar refractivity (Wildman–Crippen MR) is 184 cm³/mol. The molecule has 3 aromatic carbocycles. The van der Waals surface area contributed by atoms with Gasteiger partial charge in [-0.2, -0.15) is 5.26 Å². The number of nitrogens with zero attached hydrogens (tertiary/aromatic N) is 4. The third-order valence-electron chi connectivity index (χ3n) is 11.1. The average Bonchev–Trinajstić information content (AvgIpc) is 3.10. The van der Waals surface area contributed by atoms with Crippen LogP contribution in [-0.2, 0) is 12.8 Å². The minimum atomic E-state index is -0.630. The van der Waals surface area contributed by atoms with Crippen molar-refractivity contribution in [1.82, 2.24) is 20.1 Å². The molecule has 0 spiro atoms. The number of carbonyl (C=O) groups is 1. The van der Waals surface area contributed by atoms with Gasteiger partial charge in [-0.15, -0.1) is 0 Å². The highest BCUT2D eigenvalue weighted by Crippen LogP contribution is 2.58. The summed E-state index contributed by atoms with van der Waals surface area (Å²) in [6.45, 7) is 5.73. The first-order chi connectivity index (χ1) is 23.6. The van der Waals surface area contributed by atoms with Crippen molar-refractivity contribution in [2.75, 3.05) is 34.9 Å². The molecule has 3 N–H and O–H groups in total. The molecule has 49 heavy (non-hydrogen) atoms. The summed E-state index contributed by atoms with van der Waals surface area (Å²) in [6.07, 6.45) is 0.863. The van der Waals surface area contributed by atoms with E-state index in [-0.39, 0.29) is 47.8 Å². The Labute approximate surface area is 285 Å². The van der Waals surface area contributed by atoms with Gasteiger partial charge in [-0.05, 0) is 63.9 Å². The van der Waals surface area contributed by atoms with E-state index in [1.807, 2.05) is 58.2 Å². The molecule has 7 rings (SSSR count). The first-order valence-electron chi connectivity index (χ1n) is 16.5. The molecule has 11 nitrogen and oxygen atoms in total. The molecular formula is C38H41N5O6. The van der Waals surface area contributed by atoms with Crippen LogP contribution in [0.25, 0.3) is 10.9 Å². The highest BCUT2D eigenvalue weighted by molar-refractivity contribution is 5.94. The van der Waals surface area contributed by atoms with E-state index >= 15 is 0 Å². The second-order valence-corrected chi connectivity index (χ2v) is 13.2. The van der Waals surface area contributed by atoms with Gasteiger partial charge in [-0.3, -0.25) is 14.6 Å². The molecule has 254 valence electrons. The molecule has 4 heterocycles. The van der Waals surface area contributed by atoms with Crippen LogP contribution in [0.4, 0.5) is 0 Å². The van der Waals surface area contributed by atoms with Gasteiger partial charge in [-0.25, -0.2) is 4.98 Å². The van der Waals surface area contributed by atoms with E-state index in [0.717, 1.165) is 22.1 Å². The summed E-state index contributed by atoms with van der Waals surface area (Å²) < 4.78 is 17.6. The summed E-state index contributed by atoms with van der Waals surface area (Å²) >= 11 is 0. The summed E-state index contributed by atoms with van der Waals surface area (Å²) in [4.78, 5) is 22.6. The van der Waals surface area contributed by atoms with E-state index in [2.05, 4.69) is 26.2 Å². The number of hydrogen-bond acceptors (Lipinski definition) is 10. The summed E-state index contributed by atoms with van der Waals surface area (Å²) in [6, 6.07) is 11.5. The van der Waals surface area contributed by atoms with Gasteiger partial charge in [-0.1, -0.05) is 24.3 Å². The van der Waals surface area contributed by atoms with Gasteiger partial charge in [0.25, 0.3) is 5.91 Å². The number of pyridine rings is 1. The smallest absolute Gasteiger partial charge is 0.269 e. The number of para-hydroxylation sites is 1. The van der Waals surface area contributed by atoms with Crippen LogP contribution in [-0.4, -0.2) is 84.0 Å². The maximum absolute atomic E-state index is 13.7. The number of phenols is 2. The molecule has 4 aromatic rings. The van der Waals surface area contributed by atoms with Crippen molar-refractivity contribution in [2.24, 2.45) is 0 Å². The molecule has 1 amide bonds. The number of rotatable bonds is 6. The highest BCUT2D eigenvalue weighted by atomic mass is 16.5. The van der Waals surface area contributed by atoms with Crippen LogP contribution in [0, 0.1) is 32.1 Å². The fourth-order valence-corrected chi connectivity index (χ4v) is 8.78. The summed E-state index contributed by atoms with van der Waals surface area (Å²) in [5, 5.41) is 38.6. The Morgan fingerprint density at radius 3 is 2.24 bits per heavy atom. The predicted octanol–water partition coefficient (Wildman–Crippen LogP) is 4.80. The molecule has 11 heteroatoms. The fraction of sp³-hybridized carbons (Fsp3) is 0.395. The molecule has 1 aromatic heterocycles. The monoisotopic (exact) mass is 663 g/mol. The van der Waals surface area contributed by atoms with Crippen molar-refractivity contribution in [2.45, 2.75) is 63.8 Å². The van der Waals surface area contributed by atoms with Gasteiger partial charge < -0.3 is 29.7 Å². The summed E-state index contributed by atoms with van der Waals surface area (Å²) in [5.41, 5.74) is 6.18. The van der Waals surface area contributed by atoms with Crippen molar-refractivity contribution in [1.29, 1.82) is 5.26 Å². The highest BCUT2D eigenvalue weighted by Gasteiger charge is 2.57. The Bertz CT molecular complexity index is 2060. The van der Waals surface area contributed by atoms with Gasteiger partial charge in [0, 0.05) is 51.8 Å². The van der Waals surface area contributed by atoms with Crippen LogP contribution in [0.15, 0.2) is 36.4 Å². The van der Waals surface area contributed by atoms with Crippen molar-refractivity contribution >= 4 is 16.8 Å². The fourth-order valence-electron chi connectivity index (χ4n) is 8.78. The maximum Gasteiger partial charge on any atom is 0.269 e. The largest absolute Gasteiger partial charge is 0.507 e. The number of piperazine rings is 1. The van der Waals surface area contributed by atoms with Gasteiger partial charge in [0.1, 0.15) is 29.0 Å². The number of ether oxygens (including phenoxy) is 3. The Hall–Kier alpha value is -5.05. The van der Waals surface area contributed by atoms with E-state index in [9.17, 15) is 20.3 Å². The molecule has 0 saturated carbocycles. The first kappa shape index (κ1) is 32.5. The van der Waals surface area contributed by atoms with E-state index in [1.54, 1.807) is 20.3 Å². The van der Waals surface area contributed by atoms with Crippen LogP contribution >= 0.6 is 0 Å². The molecular weight excluding hydrogens is 622 g/mol. The molecule has 0 aliphatic carbocycles. The molecule has 2 bridgehead atoms. The third-order valence-corrected chi connectivity index (χ3v) is 11.1. The molecule has 5 atom stereocenters. The molecule has 0 unspecified atom stereocenters. The third kappa shape index (κ3) is 4.69. The Kier molecular flexibility index (Phi) is 8.04. The van der Waals surface area contributed by atoms with Crippen molar-refractivity contribution in [3.8, 4) is 34.8 Å². The summed E-state index contributed by atoms with van der Waals surface area (Å²) in [7, 11) is 6.75. The van der Waals surface area contributed by atoms with Crippen molar-refractivity contribution in [3.63, 3.8) is 0 Å². The second kappa shape index (κ2) is 12.1. The SMILES string of the molecule is COc1c(C)c(OC)c2c(c1O)[C@@H]1[C@@H]3Cc4c(OC)c(C)c(C)c(O)c4[C@H](CNC(=O)c4ccc5ccccc5n4)N3[C@@H](C#N)[C@H](C2)N1C. The number of carbonyl (C=O) groups excluding carboxylic acids is 1. The Balaban J connectivity index is 1.40. The number of methoxy groups -OCH3 is 3. The number of amides is 1. The number of nitrogens with one attached hydrogen (secondary N) is 1. The number of aromatic nitrogens is 1. The van der Waals surface area contributed by atoms with Crippen LogP contribution in [0.5, 0.6) is 28.7 Å². The van der Waals surface area contributed by atoms with E-state index in [0.29, 0.717) is 57.9 Å². The normalized spacial score (nSPS) is 22.8. The van der Waals surface area contributed by atoms with E-state index in [1.165, 1.54) is 7.11 Å². The first-order valence-corrected chi connectivity index (χ1v) is 16.5. The minimum Gasteiger partial charge on any atom is -0.507 e. The Morgan fingerprint density at radius 1 is 0.898 bits per heavy atom. The minimum absolute atomic E-state index is 0.0504. The van der Waals surface area contributed by atoms with E-state index in [4.69, 9.17) is 14.2 Å². The lowest BCUT2D eigenvalue weighted by molar-refractivity contribution is -0.0724. The quantitative estimate of drug-likeness (QED) is 0.264. The second-order valence-electron chi connectivity index (χ2n) is 13.2. The number of nitriles is 1. The Morgan fingerprint density at radius 2 is 1.55 bits per heavy atom. The number of aromatic hydroxyl groups is 2. The topological polar surface area (TPSA) is 140 Å². The maximum atomic E-state index is 13.7. The number of phenolic OH excluding ortho intramolecular Hbond substituents is 2. The lowest BCUT2D eigenvalue weighted by atomic mass is 9.71. The van der Waals surface area contributed by atoms with Gasteiger partial charge in [0.05, 0.1) is 45.0 Å². The standard InChI is InChI=1S/C38H41N5O6/c1-18-19(2)35(47-5)22-15-27-32-31-23(36(48-6)20(3)37(49-7)34(31)45)14-26(42(32)4)28(16-39)43(27)29(30(22)33(18)44)17-40-38(46)25-13-12-21-10-8-9-11-24(21)41-25/h8-13,26-29,32,44-45H,14-15,17H2,1-7H3,(H,40,46)/t26-,27-,28-,29-,32-/m0/s1. The zero-order chi connectivity index (χ0) is 34.9. The number of fused-ring (bicyclic) bond motifs is 8. The van der Waals surface area contributed by atoms with E-state index < -0.39 is 12.1 Å². The lowest BCUT2D eigenvalue weighted by Gasteiger charge is -2.60. The van der Waals surface area contributed by atoms with Gasteiger partial charge in [0.2, 0.25) is 0 Å². The van der Waals surface area contributed by atoms with Crippen LogP contribution in [0.2, 0.25) is 0 Å². The van der Waals surface area contributed by atoms with Crippen LogP contribution < -0.4 is 19.5 Å². The molecule has 1 fully saturated rings. The van der Waals surface area contributed by atoms with Crippen molar-refractivity contribution < 1.29 is 29.2 Å². The zero-order valence-corrected chi connectivity index (χ0v) is 28.8. The number of hydrogen-bond donors (Lipinski definition) is 3. The average molecular weight is 664 g/mol. The lowest BCUT2D eigenvalue weighted by Crippen LogP contribution is -2.68. The van der Waals surface area contributed by atoms with Crippen molar-refractivity contribution in [3.05, 3.63) is 81.0 Å². The number of benzene rings is 3. The molecule has 1 saturated heterocycles. The van der Waals surface area contributed by atoms with Gasteiger partial charge in [0.15, 0.2) is 11.5 Å². The van der Waals surface area contributed by atoms with Crippen LogP contribution in [0.1, 0.15) is 61.5 Å². The van der Waals surface area contributed by atoms with Gasteiger partial charge >= 0.3 is 0 Å². The van der Waals surface area contributed by atoms with Crippen LogP contribution in [0.3, 0.4) is 0 Å². The molecule has 3 aliphatic rings. The molecule has 0 radical (unpaired) electrons. The number of likely N-dealkylation sites (N-methyl/N-ethyl adjacent to an activating group) is 1. The summed E-state index contributed by atoms with van der Waals surface area (Å²) in [5.74, 6) is 1.46. The zero-order valence-electron chi connectivity index (χ0n) is 28.8. The molecule has 3 aliphatic heterocycles.